The summed E-state index contributed by atoms with van der Waals surface area (Å²) in [6.45, 7) is 3.75. The number of alkyl halides is 1. The lowest BCUT2D eigenvalue weighted by atomic mass is 10.1. The summed E-state index contributed by atoms with van der Waals surface area (Å²) >= 11 is 3.29. The van der Waals surface area contributed by atoms with Gasteiger partial charge in [-0.3, -0.25) is 0 Å². The van der Waals surface area contributed by atoms with Gasteiger partial charge in [-0.25, -0.2) is 4.79 Å². The molecule has 2 rings (SSSR count). The summed E-state index contributed by atoms with van der Waals surface area (Å²) in [5, 5.41) is 0.843. The standard InChI is InChI=1S/C12H11BrO3/c1-7-5-12(14)16-11-6-9(15-8(2)13)3-4-10(7)11/h3-6,8H,1-2H3. The van der Waals surface area contributed by atoms with E-state index in [2.05, 4.69) is 15.9 Å². The molecule has 0 aliphatic heterocycles. The van der Waals surface area contributed by atoms with Crippen molar-refractivity contribution in [1.29, 1.82) is 0 Å². The minimum absolute atomic E-state index is 0.0820. The van der Waals surface area contributed by atoms with Crippen molar-refractivity contribution in [3.8, 4) is 5.75 Å². The Morgan fingerprint density at radius 2 is 2.12 bits per heavy atom. The van der Waals surface area contributed by atoms with Crippen LogP contribution in [-0.4, -0.2) is 5.01 Å². The van der Waals surface area contributed by atoms with E-state index in [9.17, 15) is 4.79 Å². The molecule has 0 aliphatic rings. The fraction of sp³-hybridized carbons (Fsp3) is 0.250. The zero-order valence-electron chi connectivity index (χ0n) is 8.99. The minimum Gasteiger partial charge on any atom is -0.479 e. The topological polar surface area (TPSA) is 39.4 Å². The summed E-state index contributed by atoms with van der Waals surface area (Å²) in [5.74, 6) is 0.672. The van der Waals surface area contributed by atoms with Gasteiger partial charge in [0.25, 0.3) is 0 Å². The fourth-order valence-electron chi connectivity index (χ4n) is 1.57. The Balaban J connectivity index is 2.57. The monoisotopic (exact) mass is 282 g/mol. The fourth-order valence-corrected chi connectivity index (χ4v) is 1.78. The SMILES string of the molecule is Cc1cc(=O)oc2cc(OC(C)Br)ccc12. The normalized spacial score (nSPS) is 12.7. The summed E-state index contributed by atoms with van der Waals surface area (Å²) in [5.41, 5.74) is 1.12. The first-order chi connectivity index (χ1) is 7.56. The second-order valence-corrected chi connectivity index (χ2v) is 4.86. The van der Waals surface area contributed by atoms with Gasteiger partial charge < -0.3 is 9.15 Å². The highest BCUT2D eigenvalue weighted by Gasteiger charge is 2.05. The summed E-state index contributed by atoms with van der Waals surface area (Å²) < 4.78 is 10.6. The van der Waals surface area contributed by atoms with Gasteiger partial charge in [-0.15, -0.1) is 0 Å². The molecular weight excluding hydrogens is 272 g/mol. The molecule has 0 fully saturated rings. The van der Waals surface area contributed by atoms with Crippen LogP contribution in [0.1, 0.15) is 12.5 Å². The quantitative estimate of drug-likeness (QED) is 0.627. The Kier molecular flexibility index (Phi) is 3.01. The Morgan fingerprint density at radius 1 is 1.38 bits per heavy atom. The molecule has 0 bridgehead atoms. The number of halogens is 1. The van der Waals surface area contributed by atoms with Crippen LogP contribution in [0.5, 0.6) is 5.75 Å². The summed E-state index contributed by atoms with van der Waals surface area (Å²) in [4.78, 5) is 11.2. The molecule has 0 saturated carbocycles. The maximum atomic E-state index is 11.2. The third-order valence-corrected chi connectivity index (χ3v) is 2.41. The van der Waals surface area contributed by atoms with E-state index in [1.54, 1.807) is 6.07 Å². The molecule has 0 aliphatic carbocycles. The van der Waals surface area contributed by atoms with Crippen LogP contribution in [-0.2, 0) is 0 Å². The summed E-state index contributed by atoms with van der Waals surface area (Å²) in [6, 6.07) is 6.95. The Hall–Kier alpha value is -1.29. The number of hydrogen-bond acceptors (Lipinski definition) is 3. The van der Waals surface area contributed by atoms with Gasteiger partial charge in [0.05, 0.1) is 0 Å². The number of fused-ring (bicyclic) bond motifs is 1. The first-order valence-electron chi connectivity index (χ1n) is 4.91. The maximum Gasteiger partial charge on any atom is 0.336 e. The van der Waals surface area contributed by atoms with Crippen LogP contribution in [0.3, 0.4) is 0 Å². The van der Waals surface area contributed by atoms with E-state index in [-0.39, 0.29) is 10.6 Å². The van der Waals surface area contributed by atoms with E-state index in [0.717, 1.165) is 10.9 Å². The molecule has 0 amide bonds. The van der Waals surface area contributed by atoms with Gasteiger partial charge in [-0.05, 0) is 47.5 Å². The lowest BCUT2D eigenvalue weighted by molar-refractivity contribution is 0.314. The molecule has 4 heteroatoms. The van der Waals surface area contributed by atoms with Crippen LogP contribution in [0.2, 0.25) is 0 Å². The number of rotatable bonds is 2. The molecule has 1 heterocycles. The summed E-state index contributed by atoms with van der Waals surface area (Å²) in [7, 11) is 0. The zero-order chi connectivity index (χ0) is 11.7. The van der Waals surface area contributed by atoms with Crippen molar-refractivity contribution in [3.05, 3.63) is 40.2 Å². The van der Waals surface area contributed by atoms with Crippen molar-refractivity contribution in [2.45, 2.75) is 18.9 Å². The first kappa shape index (κ1) is 11.2. The molecule has 3 nitrogen and oxygen atoms in total. The van der Waals surface area contributed by atoms with Crippen LogP contribution in [0.25, 0.3) is 11.0 Å². The highest BCUT2D eigenvalue weighted by molar-refractivity contribution is 9.09. The van der Waals surface area contributed by atoms with Gasteiger partial charge >= 0.3 is 5.63 Å². The minimum atomic E-state index is -0.339. The van der Waals surface area contributed by atoms with Gasteiger partial charge in [0, 0.05) is 17.5 Å². The van der Waals surface area contributed by atoms with Crippen LogP contribution >= 0.6 is 15.9 Å². The van der Waals surface area contributed by atoms with Crippen molar-refractivity contribution < 1.29 is 9.15 Å². The number of ether oxygens (including phenoxy) is 1. The molecule has 1 atom stereocenters. The third kappa shape index (κ3) is 2.27. The van der Waals surface area contributed by atoms with Crippen molar-refractivity contribution in [2.24, 2.45) is 0 Å². The second-order valence-electron chi connectivity index (χ2n) is 3.57. The van der Waals surface area contributed by atoms with Gasteiger partial charge in [0.15, 0.2) is 5.01 Å². The van der Waals surface area contributed by atoms with Crippen LogP contribution < -0.4 is 10.4 Å². The Bertz CT molecular complexity index is 572. The van der Waals surface area contributed by atoms with Crippen LogP contribution in [0.15, 0.2) is 33.5 Å². The highest BCUT2D eigenvalue weighted by atomic mass is 79.9. The molecule has 16 heavy (non-hydrogen) atoms. The predicted molar refractivity (Wildman–Crippen MR) is 66.2 cm³/mol. The van der Waals surface area contributed by atoms with Crippen molar-refractivity contribution in [2.75, 3.05) is 0 Å². The Morgan fingerprint density at radius 3 is 2.81 bits per heavy atom. The van der Waals surface area contributed by atoms with Crippen molar-refractivity contribution >= 4 is 26.9 Å². The molecule has 0 radical (unpaired) electrons. The molecule has 1 unspecified atom stereocenters. The van der Waals surface area contributed by atoms with Crippen molar-refractivity contribution in [1.82, 2.24) is 0 Å². The van der Waals surface area contributed by atoms with Gasteiger partial charge in [0.2, 0.25) is 0 Å². The van der Waals surface area contributed by atoms with Crippen molar-refractivity contribution in [3.63, 3.8) is 0 Å². The average molecular weight is 283 g/mol. The molecular formula is C12H11BrO3. The van der Waals surface area contributed by atoms with Gasteiger partial charge in [0.1, 0.15) is 11.3 Å². The van der Waals surface area contributed by atoms with Crippen LogP contribution in [0, 0.1) is 6.92 Å². The maximum absolute atomic E-state index is 11.2. The average Bonchev–Trinajstić information content (AvgIpc) is 2.15. The predicted octanol–water partition coefficient (Wildman–Crippen LogP) is 3.22. The van der Waals surface area contributed by atoms with Gasteiger partial charge in [-0.1, -0.05) is 0 Å². The third-order valence-electron chi connectivity index (χ3n) is 2.22. The second kappa shape index (κ2) is 4.29. The molecule has 0 spiro atoms. The lowest BCUT2D eigenvalue weighted by Gasteiger charge is -2.08. The van der Waals surface area contributed by atoms with E-state index < -0.39 is 0 Å². The number of hydrogen-bond donors (Lipinski definition) is 0. The Labute approximate surface area is 101 Å². The first-order valence-corrected chi connectivity index (χ1v) is 5.83. The lowest BCUT2D eigenvalue weighted by Crippen LogP contribution is -2.02. The molecule has 1 aromatic carbocycles. The molecule has 0 N–H and O–H groups in total. The van der Waals surface area contributed by atoms with Gasteiger partial charge in [-0.2, -0.15) is 0 Å². The van der Waals surface area contributed by atoms with E-state index in [4.69, 9.17) is 9.15 Å². The molecule has 0 saturated heterocycles. The molecule has 1 aromatic heterocycles. The zero-order valence-corrected chi connectivity index (χ0v) is 10.6. The largest absolute Gasteiger partial charge is 0.479 e. The van der Waals surface area contributed by atoms with E-state index in [1.165, 1.54) is 6.07 Å². The molecule has 84 valence electrons. The molecule has 2 aromatic rings. The smallest absolute Gasteiger partial charge is 0.336 e. The van der Waals surface area contributed by atoms with E-state index >= 15 is 0 Å². The van der Waals surface area contributed by atoms with E-state index in [0.29, 0.717) is 11.3 Å². The van der Waals surface area contributed by atoms with Crippen LogP contribution in [0.4, 0.5) is 0 Å². The highest BCUT2D eigenvalue weighted by Crippen LogP contribution is 2.23. The summed E-state index contributed by atoms with van der Waals surface area (Å²) in [6.07, 6.45) is 0. The number of aryl methyl sites for hydroxylation is 1. The van der Waals surface area contributed by atoms with E-state index in [1.807, 2.05) is 26.0 Å². The number of benzene rings is 1.